The third kappa shape index (κ3) is 5.58. The topological polar surface area (TPSA) is 91.0 Å². The molecule has 3 aromatic carbocycles. The van der Waals surface area contributed by atoms with Gasteiger partial charge in [-0.05, 0) is 87.5 Å². The molecule has 0 unspecified atom stereocenters. The molecule has 0 fully saturated rings. The summed E-state index contributed by atoms with van der Waals surface area (Å²) in [5, 5.41) is 11.0. The molecule has 0 radical (unpaired) electrons. The predicted molar refractivity (Wildman–Crippen MR) is 146 cm³/mol. The molecule has 1 aliphatic heterocycles. The summed E-state index contributed by atoms with van der Waals surface area (Å²) < 4.78 is 13.1. The summed E-state index contributed by atoms with van der Waals surface area (Å²) in [6, 6.07) is 15.8. The normalized spacial score (nSPS) is 14.2. The summed E-state index contributed by atoms with van der Waals surface area (Å²) in [5.41, 5.74) is 3.24. The minimum absolute atomic E-state index is 0.00125. The van der Waals surface area contributed by atoms with E-state index in [1.165, 1.54) is 23.8 Å². The Kier molecular flexibility index (Phi) is 7.53. The Morgan fingerprint density at radius 3 is 2.53 bits per heavy atom. The summed E-state index contributed by atoms with van der Waals surface area (Å²) in [6.45, 7) is 2.49. The van der Waals surface area contributed by atoms with Gasteiger partial charge in [-0.15, -0.1) is 0 Å². The number of esters is 1. The molecule has 0 saturated carbocycles. The summed E-state index contributed by atoms with van der Waals surface area (Å²) in [5.74, 6) is 0.133. The number of nitro groups is 1. The smallest absolute Gasteiger partial charge is 0.363 e. The zero-order chi connectivity index (χ0) is 24.4. The van der Waals surface area contributed by atoms with Gasteiger partial charge in [-0.3, -0.25) is 10.1 Å². The van der Waals surface area contributed by atoms with Gasteiger partial charge in [0.25, 0.3) is 5.69 Å². The van der Waals surface area contributed by atoms with Crippen molar-refractivity contribution in [3.63, 3.8) is 0 Å². The Bertz CT molecular complexity index is 1360. The molecule has 4 rings (SSSR count). The van der Waals surface area contributed by atoms with E-state index in [1.807, 2.05) is 37.3 Å². The number of carbonyl (C=O) groups is 1. The quantitative estimate of drug-likeness (QED) is 0.0941. The molecule has 0 atom stereocenters. The lowest BCUT2D eigenvalue weighted by molar-refractivity contribution is -0.384. The van der Waals surface area contributed by atoms with Crippen LogP contribution < -0.4 is 4.74 Å². The molecule has 7 nitrogen and oxygen atoms in total. The third-order valence-corrected chi connectivity index (χ3v) is 6.72. The lowest BCUT2D eigenvalue weighted by Gasteiger charge is -2.12. The van der Waals surface area contributed by atoms with Crippen molar-refractivity contribution in [3.05, 3.63) is 105 Å². The summed E-state index contributed by atoms with van der Waals surface area (Å²) in [7, 11) is 0. The molecule has 0 amide bonds. The van der Waals surface area contributed by atoms with Crippen LogP contribution in [-0.4, -0.2) is 16.8 Å². The van der Waals surface area contributed by atoms with Crippen LogP contribution in [-0.2, 0) is 16.1 Å². The van der Waals surface area contributed by atoms with Gasteiger partial charge in [0.2, 0.25) is 5.90 Å². The highest BCUT2D eigenvalue weighted by molar-refractivity contribution is 14.1. The fourth-order valence-electron chi connectivity index (χ4n) is 3.23. The highest BCUT2D eigenvalue weighted by Crippen LogP contribution is 2.32. The van der Waals surface area contributed by atoms with Gasteiger partial charge in [-0.1, -0.05) is 41.4 Å². The molecular formula is C24H15ClI2N2O5. The molecule has 0 N–H and O–H groups in total. The lowest BCUT2D eigenvalue weighted by Crippen LogP contribution is -2.06. The monoisotopic (exact) mass is 700 g/mol. The van der Waals surface area contributed by atoms with Crippen molar-refractivity contribution in [2.75, 3.05) is 0 Å². The van der Waals surface area contributed by atoms with E-state index in [9.17, 15) is 14.9 Å². The highest BCUT2D eigenvalue weighted by atomic mass is 127. The Morgan fingerprint density at radius 1 is 1.15 bits per heavy atom. The molecule has 1 heterocycles. The first-order valence-corrected chi connectivity index (χ1v) is 12.4. The molecule has 3 aromatic rings. The van der Waals surface area contributed by atoms with Crippen LogP contribution in [0.3, 0.4) is 0 Å². The minimum atomic E-state index is -0.630. The van der Waals surface area contributed by atoms with E-state index in [0.717, 1.165) is 24.0 Å². The first-order valence-electron chi connectivity index (χ1n) is 9.85. The number of benzene rings is 3. The van der Waals surface area contributed by atoms with Gasteiger partial charge in [0.15, 0.2) is 5.70 Å². The Labute approximate surface area is 227 Å². The Morgan fingerprint density at radius 2 is 1.88 bits per heavy atom. The zero-order valence-corrected chi connectivity index (χ0v) is 22.6. The van der Waals surface area contributed by atoms with Crippen molar-refractivity contribution in [1.29, 1.82) is 0 Å². The SMILES string of the molecule is Cc1cccc(COc2c(I)cc(/C=C3\N=C(c4ccc([N+](=O)[O-])cc4Cl)OC3=O)cc2I)c1. The van der Waals surface area contributed by atoms with E-state index in [2.05, 4.69) is 56.2 Å². The molecule has 0 spiro atoms. The maximum atomic E-state index is 12.4. The van der Waals surface area contributed by atoms with Crippen molar-refractivity contribution in [2.24, 2.45) is 4.99 Å². The van der Waals surface area contributed by atoms with Crippen LogP contribution >= 0.6 is 56.8 Å². The van der Waals surface area contributed by atoms with Crippen molar-refractivity contribution in [2.45, 2.75) is 13.5 Å². The van der Waals surface area contributed by atoms with E-state index in [0.29, 0.717) is 12.2 Å². The zero-order valence-electron chi connectivity index (χ0n) is 17.6. The molecular weight excluding hydrogens is 686 g/mol. The van der Waals surface area contributed by atoms with E-state index >= 15 is 0 Å². The number of cyclic esters (lactones) is 1. The van der Waals surface area contributed by atoms with Crippen LogP contribution in [0, 0.1) is 24.2 Å². The second kappa shape index (κ2) is 10.4. The summed E-state index contributed by atoms with van der Waals surface area (Å²) in [6.07, 6.45) is 1.61. The maximum absolute atomic E-state index is 12.4. The molecule has 10 heteroatoms. The Hall–Kier alpha value is -2.51. The van der Waals surface area contributed by atoms with E-state index in [-0.39, 0.29) is 22.3 Å². The van der Waals surface area contributed by atoms with E-state index in [1.54, 1.807) is 6.08 Å². The number of ether oxygens (including phenoxy) is 2. The number of hydrogen-bond acceptors (Lipinski definition) is 6. The van der Waals surface area contributed by atoms with Gasteiger partial charge in [0.05, 0.1) is 22.6 Å². The van der Waals surface area contributed by atoms with Crippen molar-refractivity contribution in [3.8, 4) is 5.75 Å². The minimum Gasteiger partial charge on any atom is -0.487 e. The van der Waals surface area contributed by atoms with Gasteiger partial charge in [-0.25, -0.2) is 9.79 Å². The largest absolute Gasteiger partial charge is 0.487 e. The maximum Gasteiger partial charge on any atom is 0.363 e. The molecule has 34 heavy (non-hydrogen) atoms. The standard InChI is InChI=1S/C24H15ClI2N2O5/c1-13-3-2-4-14(7-13)12-33-22-19(26)8-15(9-20(22)27)10-21-24(30)34-23(28-21)17-6-5-16(29(31)32)11-18(17)25/h2-11H,12H2,1H3/b21-10-. The van der Waals surface area contributed by atoms with Crippen molar-refractivity contribution in [1.82, 2.24) is 0 Å². The number of hydrogen-bond donors (Lipinski definition) is 0. The Balaban J connectivity index is 1.57. The van der Waals surface area contributed by atoms with E-state index < -0.39 is 10.9 Å². The first kappa shape index (κ1) is 24.6. The van der Waals surface area contributed by atoms with Crippen LogP contribution in [0.15, 0.2) is 65.3 Å². The van der Waals surface area contributed by atoms with Gasteiger partial charge in [0, 0.05) is 12.1 Å². The molecule has 1 aliphatic rings. The molecule has 0 aliphatic carbocycles. The van der Waals surface area contributed by atoms with Crippen LogP contribution in [0.2, 0.25) is 5.02 Å². The molecule has 0 bridgehead atoms. The number of non-ortho nitro benzene ring substituents is 1. The molecule has 172 valence electrons. The number of nitro benzene ring substituents is 1. The first-order chi connectivity index (χ1) is 16.2. The van der Waals surface area contributed by atoms with Crippen LogP contribution in [0.5, 0.6) is 5.75 Å². The third-order valence-electron chi connectivity index (χ3n) is 4.80. The van der Waals surface area contributed by atoms with Crippen LogP contribution in [0.4, 0.5) is 5.69 Å². The summed E-state index contributed by atoms with van der Waals surface area (Å²) >= 11 is 10.5. The summed E-state index contributed by atoms with van der Waals surface area (Å²) in [4.78, 5) is 27.0. The van der Waals surface area contributed by atoms with Gasteiger partial charge in [0.1, 0.15) is 12.4 Å². The van der Waals surface area contributed by atoms with Crippen molar-refractivity contribution < 1.29 is 19.2 Å². The number of aliphatic imine (C=N–C) groups is 1. The average Bonchev–Trinajstić information content (AvgIpc) is 3.12. The fourth-order valence-corrected chi connectivity index (χ4v) is 5.61. The molecule has 0 saturated heterocycles. The number of carbonyl (C=O) groups excluding carboxylic acids is 1. The highest BCUT2D eigenvalue weighted by Gasteiger charge is 2.26. The van der Waals surface area contributed by atoms with E-state index in [4.69, 9.17) is 21.1 Å². The van der Waals surface area contributed by atoms with Gasteiger partial charge < -0.3 is 9.47 Å². The average molecular weight is 701 g/mol. The number of rotatable bonds is 6. The van der Waals surface area contributed by atoms with Crippen molar-refractivity contribution >= 4 is 80.4 Å². The van der Waals surface area contributed by atoms with Gasteiger partial charge >= 0.3 is 5.97 Å². The number of aryl methyl sites for hydroxylation is 1. The lowest BCUT2D eigenvalue weighted by atomic mass is 10.1. The number of nitrogens with zero attached hydrogens (tertiary/aromatic N) is 2. The second-order valence-corrected chi connectivity index (χ2v) is 10.1. The fraction of sp³-hybridized carbons (Fsp3) is 0.0833. The van der Waals surface area contributed by atoms with Gasteiger partial charge in [-0.2, -0.15) is 0 Å². The van der Waals surface area contributed by atoms with Crippen LogP contribution in [0.1, 0.15) is 22.3 Å². The van der Waals surface area contributed by atoms with Crippen LogP contribution in [0.25, 0.3) is 6.08 Å². The predicted octanol–water partition coefficient (Wildman–Crippen LogP) is 6.69. The molecule has 0 aromatic heterocycles. The second-order valence-electron chi connectivity index (χ2n) is 7.35. The number of halogens is 3.